The molecule has 132 valence electrons. The van der Waals surface area contributed by atoms with Crippen LogP contribution >= 0.6 is 0 Å². The largest absolute Gasteiger partial charge is 0.501 e. The summed E-state index contributed by atoms with van der Waals surface area (Å²) in [6.07, 6.45) is 5.80. The van der Waals surface area contributed by atoms with Gasteiger partial charge in [0.1, 0.15) is 0 Å². The molecule has 0 N–H and O–H groups in total. The molecule has 0 spiro atoms. The number of hydrogen-bond donors (Lipinski definition) is 0. The van der Waals surface area contributed by atoms with Gasteiger partial charge in [0.2, 0.25) is 0 Å². The Kier molecular flexibility index (Phi) is 6.57. The van der Waals surface area contributed by atoms with Gasteiger partial charge in [-0.1, -0.05) is 30.3 Å². The van der Waals surface area contributed by atoms with Crippen LogP contribution in [-0.2, 0) is 23.8 Å². The quantitative estimate of drug-likeness (QED) is 0.621. The highest BCUT2D eigenvalue weighted by Crippen LogP contribution is 2.36. The predicted molar refractivity (Wildman–Crippen MR) is 93.7 cm³/mol. The minimum absolute atomic E-state index is 0.0237. The van der Waals surface area contributed by atoms with Gasteiger partial charge in [-0.05, 0) is 29.2 Å². The summed E-state index contributed by atoms with van der Waals surface area (Å²) in [5, 5.41) is 0. The van der Waals surface area contributed by atoms with Crippen molar-refractivity contribution in [3.8, 4) is 0 Å². The minimum Gasteiger partial charge on any atom is -0.501 e. The van der Waals surface area contributed by atoms with Crippen LogP contribution in [0.4, 0.5) is 0 Å². The van der Waals surface area contributed by atoms with Crippen molar-refractivity contribution in [2.75, 3.05) is 21.3 Å². The number of ether oxygens (including phenoxy) is 3. The summed E-state index contributed by atoms with van der Waals surface area (Å²) in [7, 11) is 4.24. The first-order valence-corrected chi connectivity index (χ1v) is 7.94. The molecule has 1 unspecified atom stereocenters. The molecule has 5 heteroatoms. The van der Waals surface area contributed by atoms with E-state index >= 15 is 0 Å². The third-order valence-electron chi connectivity index (χ3n) is 4.08. The first kappa shape index (κ1) is 18.5. The smallest absolute Gasteiger partial charge is 0.330 e. The Morgan fingerprint density at radius 3 is 2.12 bits per heavy atom. The van der Waals surface area contributed by atoms with E-state index in [-0.39, 0.29) is 5.92 Å². The summed E-state index contributed by atoms with van der Waals surface area (Å²) >= 11 is 0. The van der Waals surface area contributed by atoms with Gasteiger partial charge in [-0.2, -0.15) is 0 Å². The molecule has 5 nitrogen and oxygen atoms in total. The van der Waals surface area contributed by atoms with E-state index in [1.807, 2.05) is 36.4 Å². The Morgan fingerprint density at radius 1 is 0.960 bits per heavy atom. The average molecular weight is 342 g/mol. The molecule has 0 aliphatic heterocycles. The van der Waals surface area contributed by atoms with Gasteiger partial charge < -0.3 is 14.2 Å². The summed E-state index contributed by atoms with van der Waals surface area (Å²) in [6.45, 7) is 0. The summed E-state index contributed by atoms with van der Waals surface area (Å²) < 4.78 is 15.0. The molecular formula is C20H22O5. The second-order valence-corrected chi connectivity index (χ2v) is 5.62. The van der Waals surface area contributed by atoms with E-state index in [0.717, 1.165) is 16.9 Å². The number of carbonyl (C=O) groups excluding carboxylic acids is 2. The summed E-state index contributed by atoms with van der Waals surface area (Å²) in [5.41, 5.74) is 2.52. The molecule has 0 fully saturated rings. The van der Waals surface area contributed by atoms with E-state index in [4.69, 9.17) is 14.2 Å². The number of carbonyl (C=O) groups is 2. The minimum atomic E-state index is -0.473. The van der Waals surface area contributed by atoms with E-state index < -0.39 is 11.9 Å². The van der Waals surface area contributed by atoms with E-state index in [2.05, 4.69) is 0 Å². The molecule has 1 atom stereocenters. The molecule has 0 amide bonds. The Morgan fingerprint density at radius 2 is 1.56 bits per heavy atom. The Bertz CT molecular complexity index is 713. The number of methoxy groups -OCH3 is 3. The second kappa shape index (κ2) is 8.87. The van der Waals surface area contributed by atoms with Crippen molar-refractivity contribution in [1.29, 1.82) is 0 Å². The van der Waals surface area contributed by atoms with E-state index in [1.165, 1.54) is 26.4 Å². The van der Waals surface area contributed by atoms with Crippen LogP contribution in [-0.4, -0.2) is 33.3 Å². The lowest BCUT2D eigenvalue weighted by molar-refractivity contribution is -0.135. The van der Waals surface area contributed by atoms with Gasteiger partial charge >= 0.3 is 11.9 Å². The highest BCUT2D eigenvalue weighted by Gasteiger charge is 2.22. The van der Waals surface area contributed by atoms with Gasteiger partial charge in [0, 0.05) is 24.5 Å². The maximum absolute atomic E-state index is 11.8. The van der Waals surface area contributed by atoms with Crippen LogP contribution in [0.1, 0.15) is 24.3 Å². The molecule has 1 aromatic rings. The van der Waals surface area contributed by atoms with Crippen LogP contribution in [0.3, 0.4) is 0 Å². The summed E-state index contributed by atoms with van der Waals surface area (Å²) in [6, 6.07) is 9.94. The number of benzene rings is 1. The van der Waals surface area contributed by atoms with Crippen LogP contribution in [0.15, 0.2) is 65.5 Å². The van der Waals surface area contributed by atoms with Crippen LogP contribution in [0, 0.1) is 0 Å². The predicted octanol–water partition coefficient (Wildman–Crippen LogP) is 3.29. The maximum atomic E-state index is 11.8. The molecule has 0 aromatic heterocycles. The zero-order chi connectivity index (χ0) is 18.2. The average Bonchev–Trinajstić information content (AvgIpc) is 2.81. The highest BCUT2D eigenvalue weighted by atomic mass is 16.5. The first-order valence-electron chi connectivity index (χ1n) is 7.94. The lowest BCUT2D eigenvalue weighted by atomic mass is 9.90. The lowest BCUT2D eigenvalue weighted by Gasteiger charge is -2.14. The van der Waals surface area contributed by atoms with Crippen molar-refractivity contribution >= 4 is 11.9 Å². The van der Waals surface area contributed by atoms with Crippen molar-refractivity contribution in [2.24, 2.45) is 0 Å². The molecule has 0 saturated carbocycles. The van der Waals surface area contributed by atoms with Crippen LogP contribution in [0.25, 0.3) is 0 Å². The van der Waals surface area contributed by atoms with Gasteiger partial charge in [-0.3, -0.25) is 0 Å². The molecule has 1 aliphatic rings. The zero-order valence-electron chi connectivity index (χ0n) is 14.7. The fourth-order valence-corrected chi connectivity index (χ4v) is 2.76. The van der Waals surface area contributed by atoms with Gasteiger partial charge in [0.25, 0.3) is 0 Å². The number of esters is 2. The standard InChI is InChI=1S/C20H22O5/c1-23-18-10-15(14-7-5-4-6-8-14)9-16(12-19(21)24-2)17(11-18)13-20(22)25-3/h4-8,10,12-13,15H,9,11H2,1-3H3/b16-12+,17-13+. The Balaban J connectivity index is 2.48. The third kappa shape index (κ3) is 5.08. The number of rotatable bonds is 4. The van der Waals surface area contributed by atoms with E-state index in [1.54, 1.807) is 7.11 Å². The van der Waals surface area contributed by atoms with Gasteiger partial charge in [-0.25, -0.2) is 9.59 Å². The normalized spacial score (nSPS) is 20.6. The lowest BCUT2D eigenvalue weighted by Crippen LogP contribution is -2.04. The van der Waals surface area contributed by atoms with Crippen molar-refractivity contribution in [2.45, 2.75) is 18.8 Å². The molecule has 0 heterocycles. The monoisotopic (exact) mass is 342 g/mol. The van der Waals surface area contributed by atoms with Crippen molar-refractivity contribution in [1.82, 2.24) is 0 Å². The van der Waals surface area contributed by atoms with Crippen LogP contribution in [0.2, 0.25) is 0 Å². The van der Waals surface area contributed by atoms with Crippen LogP contribution in [0.5, 0.6) is 0 Å². The molecule has 1 aliphatic carbocycles. The third-order valence-corrected chi connectivity index (χ3v) is 4.08. The molecule has 25 heavy (non-hydrogen) atoms. The molecule has 0 radical (unpaired) electrons. The Hall–Kier alpha value is -2.82. The molecule has 0 bridgehead atoms. The second-order valence-electron chi connectivity index (χ2n) is 5.62. The zero-order valence-corrected chi connectivity index (χ0v) is 14.7. The van der Waals surface area contributed by atoms with Gasteiger partial charge in [0.05, 0.1) is 27.1 Å². The van der Waals surface area contributed by atoms with Crippen molar-refractivity contribution < 1.29 is 23.8 Å². The molecular weight excluding hydrogens is 320 g/mol. The van der Waals surface area contributed by atoms with Crippen molar-refractivity contribution in [3.05, 3.63) is 71.0 Å². The molecule has 2 rings (SSSR count). The summed E-state index contributed by atoms with van der Waals surface area (Å²) in [5.74, 6) is -0.175. The van der Waals surface area contributed by atoms with Crippen LogP contribution < -0.4 is 0 Å². The van der Waals surface area contributed by atoms with E-state index in [9.17, 15) is 9.59 Å². The Labute approximate surface area is 147 Å². The summed E-state index contributed by atoms with van der Waals surface area (Å²) in [4.78, 5) is 23.5. The maximum Gasteiger partial charge on any atom is 0.330 e. The van der Waals surface area contributed by atoms with E-state index in [0.29, 0.717) is 18.4 Å². The molecule has 0 saturated heterocycles. The fraction of sp³-hybridized carbons (Fsp3) is 0.300. The highest BCUT2D eigenvalue weighted by molar-refractivity contribution is 5.87. The first-order chi connectivity index (χ1) is 12.1. The number of allylic oxidation sites excluding steroid dienone is 3. The van der Waals surface area contributed by atoms with Gasteiger partial charge in [0.15, 0.2) is 0 Å². The van der Waals surface area contributed by atoms with Gasteiger partial charge in [-0.15, -0.1) is 0 Å². The fourth-order valence-electron chi connectivity index (χ4n) is 2.76. The van der Waals surface area contributed by atoms with Crippen molar-refractivity contribution in [3.63, 3.8) is 0 Å². The topological polar surface area (TPSA) is 61.8 Å². The molecule has 1 aromatic carbocycles. The number of hydrogen-bond acceptors (Lipinski definition) is 5. The SMILES string of the molecule is COC(=O)/C=C1\CC(OC)=CC(c2ccccc2)C\C1=C/C(=O)OC.